The van der Waals surface area contributed by atoms with E-state index in [4.69, 9.17) is 5.73 Å². The molecule has 0 bridgehead atoms. The number of likely N-dealkylation sites (N-methyl/N-ethyl adjacent to an activating group) is 1. The zero-order chi connectivity index (χ0) is 14.7. The van der Waals surface area contributed by atoms with Gasteiger partial charge in [-0.1, -0.05) is 36.4 Å². The van der Waals surface area contributed by atoms with Gasteiger partial charge in [0.2, 0.25) is 0 Å². The fourth-order valence-electron chi connectivity index (χ4n) is 2.88. The fourth-order valence-corrected chi connectivity index (χ4v) is 3.89. The summed E-state index contributed by atoms with van der Waals surface area (Å²) in [7, 11) is 0. The van der Waals surface area contributed by atoms with Crippen LogP contribution in [-0.4, -0.2) is 13.1 Å². The second-order valence-electron chi connectivity index (χ2n) is 5.06. The highest BCUT2D eigenvalue weighted by Gasteiger charge is 2.21. The smallest absolute Gasteiger partial charge is 0.0678 e. The van der Waals surface area contributed by atoms with Crippen molar-refractivity contribution < 1.29 is 0 Å². The fraction of sp³-hybridized carbons (Fsp3) is 0.222. The Morgan fingerprint density at radius 3 is 2.48 bits per heavy atom. The molecule has 0 saturated carbocycles. The summed E-state index contributed by atoms with van der Waals surface area (Å²) in [5, 5.41) is 3.58. The van der Waals surface area contributed by atoms with E-state index < -0.39 is 0 Å². The topological polar surface area (TPSA) is 29.3 Å². The first-order valence-electron chi connectivity index (χ1n) is 7.33. The van der Waals surface area contributed by atoms with Gasteiger partial charge in [0.1, 0.15) is 0 Å². The number of para-hydroxylation sites is 1. The number of nitrogens with zero attached hydrogens (tertiary/aromatic N) is 1. The van der Waals surface area contributed by atoms with E-state index in [-0.39, 0.29) is 6.04 Å². The predicted molar refractivity (Wildman–Crippen MR) is 93.1 cm³/mol. The monoisotopic (exact) mass is 296 g/mol. The standard InChI is InChI=1S/C18H20N2S/c1-2-20(14-8-4-3-5-9-14)17(12-19)16-13-21-18-11-7-6-10-15(16)18/h3-11,13,17H,2,12,19H2,1H3. The molecule has 1 unspecified atom stereocenters. The van der Waals surface area contributed by atoms with Gasteiger partial charge >= 0.3 is 0 Å². The number of thiophene rings is 1. The van der Waals surface area contributed by atoms with Crippen LogP contribution in [0.4, 0.5) is 5.69 Å². The zero-order valence-corrected chi connectivity index (χ0v) is 13.0. The van der Waals surface area contributed by atoms with Crippen molar-refractivity contribution in [3.63, 3.8) is 0 Å². The lowest BCUT2D eigenvalue weighted by Gasteiger charge is -2.32. The van der Waals surface area contributed by atoms with Crippen LogP contribution in [0.15, 0.2) is 60.0 Å². The van der Waals surface area contributed by atoms with Crippen molar-refractivity contribution in [1.82, 2.24) is 0 Å². The molecule has 2 nitrogen and oxygen atoms in total. The van der Waals surface area contributed by atoms with Crippen LogP contribution in [0.25, 0.3) is 10.1 Å². The molecular formula is C18H20N2S. The van der Waals surface area contributed by atoms with E-state index in [9.17, 15) is 0 Å². The molecule has 0 spiro atoms. The average molecular weight is 296 g/mol. The van der Waals surface area contributed by atoms with Gasteiger partial charge < -0.3 is 10.6 Å². The van der Waals surface area contributed by atoms with Crippen LogP contribution in [0, 0.1) is 0 Å². The van der Waals surface area contributed by atoms with Crippen LogP contribution < -0.4 is 10.6 Å². The number of hydrogen-bond acceptors (Lipinski definition) is 3. The molecular weight excluding hydrogens is 276 g/mol. The van der Waals surface area contributed by atoms with Crippen LogP contribution >= 0.6 is 11.3 Å². The van der Waals surface area contributed by atoms with E-state index in [0.717, 1.165) is 6.54 Å². The third-order valence-corrected chi connectivity index (χ3v) is 4.88. The van der Waals surface area contributed by atoms with E-state index in [2.05, 4.69) is 71.8 Å². The second kappa shape index (κ2) is 6.29. The SMILES string of the molecule is CCN(c1ccccc1)C(CN)c1csc2ccccc12. The Kier molecular flexibility index (Phi) is 4.23. The third kappa shape index (κ3) is 2.67. The number of hydrogen-bond donors (Lipinski definition) is 1. The molecule has 2 aromatic carbocycles. The maximum atomic E-state index is 6.13. The van der Waals surface area contributed by atoms with Gasteiger partial charge in [0, 0.05) is 23.5 Å². The number of rotatable bonds is 5. The van der Waals surface area contributed by atoms with Gasteiger partial charge in [0.25, 0.3) is 0 Å². The lowest BCUT2D eigenvalue weighted by Crippen LogP contribution is -2.33. The van der Waals surface area contributed by atoms with Gasteiger partial charge in [-0.3, -0.25) is 0 Å². The van der Waals surface area contributed by atoms with Gasteiger partial charge in [-0.05, 0) is 41.5 Å². The molecule has 3 rings (SSSR count). The van der Waals surface area contributed by atoms with Crippen LogP contribution in [0.5, 0.6) is 0 Å². The molecule has 0 amide bonds. The maximum absolute atomic E-state index is 6.13. The normalized spacial score (nSPS) is 12.5. The summed E-state index contributed by atoms with van der Waals surface area (Å²) in [6.45, 7) is 3.74. The molecule has 0 aliphatic carbocycles. The Bertz CT molecular complexity index is 705. The van der Waals surface area contributed by atoms with Crippen molar-refractivity contribution in [2.45, 2.75) is 13.0 Å². The largest absolute Gasteiger partial charge is 0.363 e. The molecule has 0 fully saturated rings. The van der Waals surface area contributed by atoms with Crippen molar-refractivity contribution >= 4 is 27.1 Å². The molecule has 1 aromatic heterocycles. The highest BCUT2D eigenvalue weighted by atomic mass is 32.1. The minimum absolute atomic E-state index is 0.216. The molecule has 0 saturated heterocycles. The summed E-state index contributed by atoms with van der Waals surface area (Å²) in [6, 6.07) is 19.3. The second-order valence-corrected chi connectivity index (χ2v) is 5.97. The molecule has 1 heterocycles. The van der Waals surface area contributed by atoms with E-state index in [0.29, 0.717) is 6.54 Å². The first-order chi connectivity index (χ1) is 10.3. The van der Waals surface area contributed by atoms with Gasteiger partial charge in [0.05, 0.1) is 6.04 Å². The Hall–Kier alpha value is -1.84. The highest BCUT2D eigenvalue weighted by molar-refractivity contribution is 7.17. The summed E-state index contributed by atoms with van der Waals surface area (Å²) in [6.07, 6.45) is 0. The van der Waals surface area contributed by atoms with E-state index in [1.165, 1.54) is 21.3 Å². The van der Waals surface area contributed by atoms with Crippen molar-refractivity contribution in [2.24, 2.45) is 5.73 Å². The van der Waals surface area contributed by atoms with Crippen LogP contribution in [0.3, 0.4) is 0 Å². The van der Waals surface area contributed by atoms with Crippen LogP contribution in [-0.2, 0) is 0 Å². The zero-order valence-electron chi connectivity index (χ0n) is 12.2. The van der Waals surface area contributed by atoms with Gasteiger partial charge in [-0.2, -0.15) is 0 Å². The summed E-state index contributed by atoms with van der Waals surface area (Å²) >= 11 is 1.80. The Morgan fingerprint density at radius 2 is 1.76 bits per heavy atom. The molecule has 1 atom stereocenters. The summed E-state index contributed by atoms with van der Waals surface area (Å²) in [5.74, 6) is 0. The summed E-state index contributed by atoms with van der Waals surface area (Å²) < 4.78 is 1.33. The van der Waals surface area contributed by atoms with Crippen molar-refractivity contribution in [3.8, 4) is 0 Å². The Morgan fingerprint density at radius 1 is 1.05 bits per heavy atom. The van der Waals surface area contributed by atoms with Crippen LogP contribution in [0.1, 0.15) is 18.5 Å². The maximum Gasteiger partial charge on any atom is 0.0678 e. The van der Waals surface area contributed by atoms with E-state index in [1.807, 2.05) is 0 Å². The molecule has 108 valence electrons. The average Bonchev–Trinajstić information content (AvgIpc) is 2.97. The molecule has 3 heteroatoms. The van der Waals surface area contributed by atoms with Crippen molar-refractivity contribution in [2.75, 3.05) is 18.0 Å². The lowest BCUT2D eigenvalue weighted by atomic mass is 10.0. The lowest BCUT2D eigenvalue weighted by molar-refractivity contribution is 0.649. The Labute approximate surface area is 129 Å². The van der Waals surface area contributed by atoms with Crippen molar-refractivity contribution in [3.05, 3.63) is 65.5 Å². The molecule has 2 N–H and O–H groups in total. The molecule has 21 heavy (non-hydrogen) atoms. The van der Waals surface area contributed by atoms with Gasteiger partial charge in [0.15, 0.2) is 0 Å². The summed E-state index contributed by atoms with van der Waals surface area (Å²) in [4.78, 5) is 2.38. The summed E-state index contributed by atoms with van der Waals surface area (Å²) in [5.41, 5.74) is 8.70. The minimum Gasteiger partial charge on any atom is -0.363 e. The number of benzene rings is 2. The number of anilines is 1. The first kappa shape index (κ1) is 14.1. The number of fused-ring (bicyclic) bond motifs is 1. The molecule has 0 radical (unpaired) electrons. The van der Waals surface area contributed by atoms with Crippen LogP contribution in [0.2, 0.25) is 0 Å². The molecule has 0 aliphatic rings. The quantitative estimate of drug-likeness (QED) is 0.755. The van der Waals surface area contributed by atoms with Gasteiger partial charge in [-0.15, -0.1) is 11.3 Å². The van der Waals surface area contributed by atoms with E-state index >= 15 is 0 Å². The molecule has 3 aromatic rings. The predicted octanol–water partition coefficient (Wildman–Crippen LogP) is 4.43. The first-order valence-corrected chi connectivity index (χ1v) is 8.21. The minimum atomic E-state index is 0.216. The third-order valence-electron chi connectivity index (χ3n) is 3.90. The highest BCUT2D eigenvalue weighted by Crippen LogP contribution is 2.34. The Balaban J connectivity index is 2.04. The number of nitrogens with two attached hydrogens (primary N) is 1. The van der Waals surface area contributed by atoms with E-state index in [1.54, 1.807) is 11.3 Å². The van der Waals surface area contributed by atoms with Crippen molar-refractivity contribution in [1.29, 1.82) is 0 Å². The molecule has 0 aliphatic heterocycles. The van der Waals surface area contributed by atoms with Gasteiger partial charge in [-0.25, -0.2) is 0 Å².